The quantitative estimate of drug-likeness (QED) is 0.482. The molecule has 0 radical (unpaired) electrons. The van der Waals surface area contributed by atoms with Crippen LogP contribution in [0.15, 0.2) is 30.5 Å². The van der Waals surface area contributed by atoms with Crippen LogP contribution in [0.25, 0.3) is 0 Å². The minimum absolute atomic E-state index is 0.113. The lowest BCUT2D eigenvalue weighted by Crippen LogP contribution is -2.07. The second kappa shape index (κ2) is 5.86. The summed E-state index contributed by atoms with van der Waals surface area (Å²) >= 11 is 0. The number of nitrogens with zero attached hydrogens (tertiary/aromatic N) is 1. The highest BCUT2D eigenvalue weighted by atomic mass is 16.3. The molecule has 96 valence electrons. The van der Waals surface area contributed by atoms with Crippen molar-refractivity contribution < 1.29 is 14.7 Å². The van der Waals surface area contributed by atoms with Crippen molar-refractivity contribution in [3.8, 4) is 5.75 Å². The standard InChI is InChI=1S/C13H16N2O3/c1-9(16)14-10-4-5-12(17)11(8-10)13(18)6-7-15(2)3/h4-8,17H,1-3H3,(H,14,16)/b7-6+. The minimum Gasteiger partial charge on any atom is -0.507 e. The number of aromatic hydroxyl groups is 1. The van der Waals surface area contributed by atoms with E-state index in [1.807, 2.05) is 0 Å². The normalized spacial score (nSPS) is 10.4. The second-order valence-corrected chi connectivity index (χ2v) is 4.06. The minimum atomic E-state index is -0.326. The molecule has 5 nitrogen and oxygen atoms in total. The van der Waals surface area contributed by atoms with Gasteiger partial charge in [0.15, 0.2) is 5.78 Å². The fraction of sp³-hybridized carbons (Fsp3) is 0.231. The van der Waals surface area contributed by atoms with Gasteiger partial charge in [-0.2, -0.15) is 0 Å². The summed E-state index contributed by atoms with van der Waals surface area (Å²) < 4.78 is 0. The first-order chi connectivity index (χ1) is 8.40. The van der Waals surface area contributed by atoms with E-state index < -0.39 is 0 Å². The molecule has 0 atom stereocenters. The maximum absolute atomic E-state index is 11.8. The Morgan fingerprint density at radius 2 is 2.00 bits per heavy atom. The molecule has 0 fully saturated rings. The van der Waals surface area contributed by atoms with E-state index in [0.717, 1.165) is 0 Å². The number of carbonyl (C=O) groups is 2. The number of nitrogens with one attached hydrogen (secondary N) is 1. The SMILES string of the molecule is CC(=O)Nc1ccc(O)c(C(=O)/C=C/N(C)C)c1. The van der Waals surface area contributed by atoms with Crippen molar-refractivity contribution in [2.24, 2.45) is 0 Å². The molecule has 1 rings (SSSR count). The molecule has 0 aromatic heterocycles. The van der Waals surface area contributed by atoms with Crippen LogP contribution in [0.3, 0.4) is 0 Å². The van der Waals surface area contributed by atoms with Gasteiger partial charge in [-0.1, -0.05) is 0 Å². The summed E-state index contributed by atoms with van der Waals surface area (Å²) in [4.78, 5) is 24.5. The molecule has 1 amide bonds. The van der Waals surface area contributed by atoms with Crippen molar-refractivity contribution >= 4 is 17.4 Å². The smallest absolute Gasteiger partial charge is 0.221 e. The Morgan fingerprint density at radius 3 is 2.56 bits per heavy atom. The van der Waals surface area contributed by atoms with Crippen molar-refractivity contribution in [1.29, 1.82) is 0 Å². The maximum atomic E-state index is 11.8. The monoisotopic (exact) mass is 248 g/mol. The van der Waals surface area contributed by atoms with Gasteiger partial charge >= 0.3 is 0 Å². The fourth-order valence-electron chi connectivity index (χ4n) is 1.32. The van der Waals surface area contributed by atoms with Crippen LogP contribution < -0.4 is 5.32 Å². The summed E-state index contributed by atoms with van der Waals surface area (Å²) in [6, 6.07) is 4.35. The summed E-state index contributed by atoms with van der Waals surface area (Å²) in [7, 11) is 3.58. The summed E-state index contributed by atoms with van der Waals surface area (Å²) in [5.74, 6) is -0.672. The van der Waals surface area contributed by atoms with E-state index in [-0.39, 0.29) is 23.0 Å². The molecule has 0 heterocycles. The van der Waals surface area contributed by atoms with E-state index in [1.54, 1.807) is 25.2 Å². The van der Waals surface area contributed by atoms with E-state index in [9.17, 15) is 14.7 Å². The number of carbonyl (C=O) groups excluding carboxylic acids is 2. The van der Waals surface area contributed by atoms with Crippen LogP contribution >= 0.6 is 0 Å². The third kappa shape index (κ3) is 3.93. The van der Waals surface area contributed by atoms with Gasteiger partial charge < -0.3 is 15.3 Å². The highest BCUT2D eigenvalue weighted by molar-refractivity contribution is 6.07. The lowest BCUT2D eigenvalue weighted by Gasteiger charge is -2.07. The Hall–Kier alpha value is -2.30. The third-order valence-electron chi connectivity index (χ3n) is 2.11. The van der Waals surface area contributed by atoms with Gasteiger partial charge in [0.2, 0.25) is 5.91 Å². The van der Waals surface area contributed by atoms with Gasteiger partial charge in [-0.15, -0.1) is 0 Å². The van der Waals surface area contributed by atoms with Gasteiger partial charge in [-0.25, -0.2) is 0 Å². The number of phenols is 1. The first-order valence-corrected chi connectivity index (χ1v) is 5.39. The van der Waals surface area contributed by atoms with Crippen molar-refractivity contribution in [2.75, 3.05) is 19.4 Å². The van der Waals surface area contributed by atoms with Gasteiger partial charge in [0.25, 0.3) is 0 Å². The van der Waals surface area contributed by atoms with Gasteiger partial charge in [0.05, 0.1) is 5.56 Å². The second-order valence-electron chi connectivity index (χ2n) is 4.06. The number of amides is 1. The van der Waals surface area contributed by atoms with Crippen molar-refractivity contribution in [1.82, 2.24) is 4.90 Å². The summed E-state index contributed by atoms with van der Waals surface area (Å²) in [6.45, 7) is 1.38. The third-order valence-corrected chi connectivity index (χ3v) is 2.11. The number of anilines is 1. The molecule has 1 aromatic carbocycles. The van der Waals surface area contributed by atoms with Crippen molar-refractivity contribution in [3.63, 3.8) is 0 Å². The van der Waals surface area contributed by atoms with E-state index in [0.29, 0.717) is 5.69 Å². The molecule has 0 saturated heterocycles. The molecule has 2 N–H and O–H groups in total. The van der Waals surface area contributed by atoms with Gasteiger partial charge in [0.1, 0.15) is 5.75 Å². The maximum Gasteiger partial charge on any atom is 0.221 e. The number of hydrogen-bond acceptors (Lipinski definition) is 4. The Balaban J connectivity index is 3.00. The summed E-state index contributed by atoms with van der Waals surface area (Å²) in [6.07, 6.45) is 2.94. The topological polar surface area (TPSA) is 69.6 Å². The summed E-state index contributed by atoms with van der Waals surface area (Å²) in [5, 5.41) is 12.2. The average Bonchev–Trinajstić information content (AvgIpc) is 2.28. The Labute approximate surface area is 106 Å². The zero-order valence-electron chi connectivity index (χ0n) is 10.6. The number of benzene rings is 1. The molecule has 0 spiro atoms. The van der Waals surface area contributed by atoms with Gasteiger partial charge in [-0.05, 0) is 18.2 Å². The van der Waals surface area contributed by atoms with Crippen molar-refractivity contribution in [3.05, 3.63) is 36.0 Å². The molecule has 0 aliphatic carbocycles. The van der Waals surface area contributed by atoms with E-state index in [1.165, 1.54) is 31.2 Å². The van der Waals surface area contributed by atoms with E-state index in [2.05, 4.69) is 5.32 Å². The number of phenolic OH excluding ortho intramolecular Hbond substituents is 1. The predicted octanol–water partition coefficient (Wildman–Crippen LogP) is 1.61. The average molecular weight is 248 g/mol. The van der Waals surface area contributed by atoms with Crippen LogP contribution in [0.1, 0.15) is 17.3 Å². The van der Waals surface area contributed by atoms with Crippen LogP contribution in [-0.4, -0.2) is 35.8 Å². The number of ketones is 1. The molecular weight excluding hydrogens is 232 g/mol. The lowest BCUT2D eigenvalue weighted by molar-refractivity contribution is -0.114. The van der Waals surface area contributed by atoms with Crippen LogP contribution in [0.4, 0.5) is 5.69 Å². The van der Waals surface area contributed by atoms with E-state index >= 15 is 0 Å². The molecule has 0 aliphatic rings. The molecule has 1 aromatic rings. The number of rotatable bonds is 4. The highest BCUT2D eigenvalue weighted by Gasteiger charge is 2.09. The predicted molar refractivity (Wildman–Crippen MR) is 69.6 cm³/mol. The molecule has 5 heteroatoms. The number of allylic oxidation sites excluding steroid dienone is 1. The molecule has 0 aliphatic heterocycles. The zero-order chi connectivity index (χ0) is 13.7. The van der Waals surface area contributed by atoms with Crippen LogP contribution in [-0.2, 0) is 4.79 Å². The molecule has 0 saturated carbocycles. The first kappa shape index (κ1) is 13.8. The fourth-order valence-corrected chi connectivity index (χ4v) is 1.32. The van der Waals surface area contributed by atoms with Crippen LogP contribution in [0.5, 0.6) is 5.75 Å². The zero-order valence-corrected chi connectivity index (χ0v) is 10.6. The molecule has 0 unspecified atom stereocenters. The largest absolute Gasteiger partial charge is 0.507 e. The van der Waals surface area contributed by atoms with E-state index in [4.69, 9.17) is 0 Å². The number of hydrogen-bond donors (Lipinski definition) is 2. The first-order valence-electron chi connectivity index (χ1n) is 5.39. The van der Waals surface area contributed by atoms with Gasteiger partial charge in [0, 0.05) is 39.0 Å². The van der Waals surface area contributed by atoms with Gasteiger partial charge in [-0.3, -0.25) is 9.59 Å². The van der Waals surface area contributed by atoms with Crippen LogP contribution in [0, 0.1) is 0 Å². The molecule has 0 bridgehead atoms. The molecular formula is C13H16N2O3. The lowest BCUT2D eigenvalue weighted by atomic mass is 10.1. The Morgan fingerprint density at radius 1 is 1.33 bits per heavy atom. The summed E-state index contributed by atoms with van der Waals surface area (Å²) in [5.41, 5.74) is 0.626. The van der Waals surface area contributed by atoms with Crippen molar-refractivity contribution in [2.45, 2.75) is 6.92 Å². The highest BCUT2D eigenvalue weighted by Crippen LogP contribution is 2.22. The molecule has 18 heavy (non-hydrogen) atoms. The van der Waals surface area contributed by atoms with Crippen LogP contribution in [0.2, 0.25) is 0 Å². The Bertz CT molecular complexity index is 493. The Kier molecular flexibility index (Phi) is 4.48.